The lowest BCUT2D eigenvalue weighted by atomic mass is 10.1. The Kier molecular flexibility index (Phi) is 5.25. The normalized spacial score (nSPS) is 12.9. The molecule has 0 radical (unpaired) electrons. The highest BCUT2D eigenvalue weighted by Crippen LogP contribution is 2.21. The second-order valence-electron chi connectivity index (χ2n) is 3.79. The van der Waals surface area contributed by atoms with E-state index in [4.69, 9.17) is 27.9 Å². The number of ether oxygens (including phenoxy) is 1. The van der Waals surface area contributed by atoms with Crippen molar-refractivity contribution in [1.29, 1.82) is 0 Å². The smallest absolute Gasteiger partial charge is 0.224 e. The molecule has 1 heterocycles. The van der Waals surface area contributed by atoms with Crippen molar-refractivity contribution >= 4 is 29.0 Å². The second kappa shape index (κ2) is 6.23. The van der Waals surface area contributed by atoms with E-state index in [0.29, 0.717) is 23.4 Å². The monoisotopic (exact) mass is 263 g/mol. The van der Waals surface area contributed by atoms with Crippen LogP contribution in [0.2, 0.25) is 10.3 Å². The van der Waals surface area contributed by atoms with E-state index in [9.17, 15) is 0 Å². The minimum absolute atomic E-state index is 0.133. The van der Waals surface area contributed by atoms with Crippen LogP contribution in [0.5, 0.6) is 0 Å². The molecular formula is C10H15Cl2N3O. The zero-order valence-electron chi connectivity index (χ0n) is 9.50. The van der Waals surface area contributed by atoms with Crippen molar-refractivity contribution in [2.75, 3.05) is 19.0 Å². The lowest BCUT2D eigenvalue weighted by molar-refractivity contribution is 0.171. The first-order chi connectivity index (χ1) is 7.54. The van der Waals surface area contributed by atoms with Gasteiger partial charge in [0.25, 0.3) is 0 Å². The van der Waals surface area contributed by atoms with E-state index in [0.717, 1.165) is 0 Å². The minimum Gasteiger partial charge on any atom is -0.383 e. The highest BCUT2D eigenvalue weighted by Gasteiger charge is 2.15. The highest BCUT2D eigenvalue weighted by molar-refractivity contribution is 6.33. The molecule has 0 fully saturated rings. The van der Waals surface area contributed by atoms with Gasteiger partial charge in [-0.3, -0.25) is 0 Å². The molecule has 1 N–H and O–H groups in total. The number of hydrogen-bond donors (Lipinski definition) is 1. The molecule has 0 saturated heterocycles. The van der Waals surface area contributed by atoms with Gasteiger partial charge in [0.1, 0.15) is 10.8 Å². The van der Waals surface area contributed by atoms with Crippen molar-refractivity contribution in [2.24, 2.45) is 5.92 Å². The molecule has 1 aromatic rings. The van der Waals surface area contributed by atoms with Crippen LogP contribution in [0.1, 0.15) is 13.8 Å². The van der Waals surface area contributed by atoms with E-state index < -0.39 is 0 Å². The Morgan fingerprint density at radius 1 is 1.44 bits per heavy atom. The Balaban J connectivity index is 2.80. The number of nitrogens with zero attached hydrogens (tertiary/aromatic N) is 2. The lowest BCUT2D eigenvalue weighted by Crippen LogP contribution is -2.31. The predicted octanol–water partition coefficient (Wildman–Crippen LogP) is 2.87. The van der Waals surface area contributed by atoms with Crippen LogP contribution in [-0.4, -0.2) is 29.7 Å². The predicted molar refractivity (Wildman–Crippen MR) is 66.2 cm³/mol. The summed E-state index contributed by atoms with van der Waals surface area (Å²) in [6.07, 6.45) is 1.48. The van der Waals surface area contributed by atoms with Gasteiger partial charge in [0, 0.05) is 7.11 Å². The summed E-state index contributed by atoms with van der Waals surface area (Å²) in [5.41, 5.74) is 0. The van der Waals surface area contributed by atoms with Gasteiger partial charge in [-0.15, -0.1) is 0 Å². The van der Waals surface area contributed by atoms with Gasteiger partial charge in [-0.1, -0.05) is 25.4 Å². The second-order valence-corrected chi connectivity index (χ2v) is 4.53. The van der Waals surface area contributed by atoms with Gasteiger partial charge in [-0.05, 0) is 17.5 Å². The third-order valence-corrected chi connectivity index (χ3v) is 2.65. The topological polar surface area (TPSA) is 47.0 Å². The van der Waals surface area contributed by atoms with Crippen molar-refractivity contribution in [3.63, 3.8) is 0 Å². The lowest BCUT2D eigenvalue weighted by Gasteiger charge is -2.22. The van der Waals surface area contributed by atoms with E-state index in [1.54, 1.807) is 7.11 Å². The van der Waals surface area contributed by atoms with E-state index >= 15 is 0 Å². The molecule has 0 amide bonds. The molecule has 6 heteroatoms. The molecule has 0 aliphatic heterocycles. The van der Waals surface area contributed by atoms with Gasteiger partial charge in [-0.25, -0.2) is 4.98 Å². The molecule has 1 atom stereocenters. The molecule has 0 aliphatic rings. The van der Waals surface area contributed by atoms with Crippen LogP contribution in [0.25, 0.3) is 0 Å². The first-order valence-corrected chi connectivity index (χ1v) is 5.73. The Morgan fingerprint density at radius 3 is 2.69 bits per heavy atom. The quantitative estimate of drug-likeness (QED) is 0.831. The number of aromatic nitrogens is 2. The summed E-state index contributed by atoms with van der Waals surface area (Å²) in [5, 5.41) is 3.82. The molecule has 90 valence electrons. The Bertz CT molecular complexity index is 347. The fraction of sp³-hybridized carbons (Fsp3) is 0.600. The number of halogens is 2. The Morgan fingerprint density at radius 2 is 2.12 bits per heavy atom. The summed E-state index contributed by atoms with van der Waals surface area (Å²) in [4.78, 5) is 7.82. The summed E-state index contributed by atoms with van der Waals surface area (Å²) in [5.74, 6) is 0.933. The van der Waals surface area contributed by atoms with Crippen LogP contribution in [0.15, 0.2) is 6.20 Å². The van der Waals surface area contributed by atoms with Crippen LogP contribution < -0.4 is 5.32 Å². The number of nitrogens with one attached hydrogen (secondary N) is 1. The van der Waals surface area contributed by atoms with Gasteiger partial charge in [-0.2, -0.15) is 4.98 Å². The maximum Gasteiger partial charge on any atom is 0.224 e. The molecule has 0 aromatic carbocycles. The summed E-state index contributed by atoms with van der Waals surface area (Å²) in [6, 6.07) is 0.133. The number of methoxy groups -OCH3 is 1. The van der Waals surface area contributed by atoms with Crippen LogP contribution in [0, 0.1) is 5.92 Å². The zero-order valence-corrected chi connectivity index (χ0v) is 11.0. The van der Waals surface area contributed by atoms with Gasteiger partial charge in [0.2, 0.25) is 5.28 Å². The van der Waals surface area contributed by atoms with Crippen molar-refractivity contribution < 1.29 is 4.74 Å². The molecule has 0 spiro atoms. The largest absolute Gasteiger partial charge is 0.383 e. The zero-order chi connectivity index (χ0) is 12.1. The third-order valence-electron chi connectivity index (χ3n) is 2.19. The molecule has 4 nitrogen and oxygen atoms in total. The summed E-state index contributed by atoms with van der Waals surface area (Å²) >= 11 is 11.7. The van der Waals surface area contributed by atoms with E-state index in [2.05, 4.69) is 29.1 Å². The van der Waals surface area contributed by atoms with E-state index in [1.165, 1.54) is 6.20 Å². The van der Waals surface area contributed by atoms with Crippen molar-refractivity contribution in [3.05, 3.63) is 16.5 Å². The number of rotatable bonds is 5. The van der Waals surface area contributed by atoms with Gasteiger partial charge in [0.05, 0.1) is 18.8 Å². The van der Waals surface area contributed by atoms with Crippen molar-refractivity contribution in [2.45, 2.75) is 19.9 Å². The molecule has 1 rings (SSSR count). The van der Waals surface area contributed by atoms with Crippen molar-refractivity contribution in [1.82, 2.24) is 9.97 Å². The Hall–Kier alpha value is -0.580. The van der Waals surface area contributed by atoms with Crippen LogP contribution >= 0.6 is 23.2 Å². The fourth-order valence-electron chi connectivity index (χ4n) is 1.20. The van der Waals surface area contributed by atoms with Gasteiger partial charge < -0.3 is 10.1 Å². The van der Waals surface area contributed by atoms with Crippen molar-refractivity contribution in [3.8, 4) is 0 Å². The van der Waals surface area contributed by atoms with Crippen LogP contribution in [-0.2, 0) is 4.74 Å². The SMILES string of the molecule is COCC(Nc1nc(Cl)ncc1Cl)C(C)C. The van der Waals surface area contributed by atoms with E-state index in [1.807, 2.05) is 0 Å². The fourth-order valence-corrected chi connectivity index (χ4v) is 1.48. The summed E-state index contributed by atoms with van der Waals surface area (Å²) in [6.45, 7) is 4.76. The number of hydrogen-bond acceptors (Lipinski definition) is 4. The first-order valence-electron chi connectivity index (χ1n) is 4.98. The Labute approximate surface area is 105 Å². The maximum atomic E-state index is 5.96. The van der Waals surface area contributed by atoms with Crippen LogP contribution in [0.4, 0.5) is 5.82 Å². The molecule has 16 heavy (non-hydrogen) atoms. The molecule has 0 aliphatic carbocycles. The molecule has 0 saturated carbocycles. The summed E-state index contributed by atoms with van der Waals surface area (Å²) in [7, 11) is 1.66. The average Bonchev–Trinajstić information content (AvgIpc) is 2.22. The minimum atomic E-state index is 0.133. The third kappa shape index (κ3) is 3.77. The average molecular weight is 264 g/mol. The molecule has 1 unspecified atom stereocenters. The van der Waals surface area contributed by atoms with Gasteiger partial charge in [0.15, 0.2) is 0 Å². The first kappa shape index (κ1) is 13.5. The summed E-state index contributed by atoms with van der Waals surface area (Å²) < 4.78 is 5.13. The van der Waals surface area contributed by atoms with E-state index in [-0.39, 0.29) is 11.3 Å². The standard InChI is InChI=1S/C10H15Cl2N3O/c1-6(2)8(5-16-3)14-9-7(11)4-13-10(12)15-9/h4,6,8H,5H2,1-3H3,(H,13,14,15). The maximum absolute atomic E-state index is 5.96. The number of anilines is 1. The molecule has 1 aromatic heterocycles. The van der Waals surface area contributed by atoms with Crippen LogP contribution in [0.3, 0.4) is 0 Å². The molecule has 0 bridgehead atoms. The van der Waals surface area contributed by atoms with Gasteiger partial charge >= 0.3 is 0 Å². The molecular weight excluding hydrogens is 249 g/mol. The highest BCUT2D eigenvalue weighted by atomic mass is 35.5.